The molecule has 3 aromatic carbocycles. The summed E-state index contributed by atoms with van der Waals surface area (Å²) in [7, 11) is -2.60. The van der Waals surface area contributed by atoms with Gasteiger partial charge < -0.3 is 14.8 Å². The fraction of sp³-hybridized carbons (Fsp3) is 0.208. The van der Waals surface area contributed by atoms with E-state index in [1.54, 1.807) is 46.1 Å². The molecule has 0 aliphatic heterocycles. The molecule has 9 heteroatoms. The number of hydrogen-bond acceptors (Lipinski definition) is 5. The van der Waals surface area contributed by atoms with Crippen molar-refractivity contribution in [1.82, 2.24) is 10.0 Å². The number of methoxy groups -OCH3 is 1. The Bertz CT molecular complexity index is 1250. The van der Waals surface area contributed by atoms with Gasteiger partial charge in [-0.05, 0) is 74.4 Å². The minimum atomic E-state index is -4.21. The number of carbonyl (C=O) groups excluding carboxylic acids is 1. The number of amides is 2. The van der Waals surface area contributed by atoms with Crippen LogP contribution in [-0.4, -0.2) is 27.1 Å². The number of benzene rings is 3. The van der Waals surface area contributed by atoms with Gasteiger partial charge in [-0.25, -0.2) is 17.9 Å². The van der Waals surface area contributed by atoms with Crippen molar-refractivity contribution < 1.29 is 22.7 Å². The van der Waals surface area contributed by atoms with E-state index in [1.165, 1.54) is 12.1 Å². The summed E-state index contributed by atoms with van der Waals surface area (Å²) in [6.07, 6.45) is 0. The number of halogens is 1. The van der Waals surface area contributed by atoms with Crippen LogP contribution in [0.1, 0.15) is 20.8 Å². The lowest BCUT2D eigenvalue weighted by atomic mass is 10.1. The molecule has 0 aliphatic carbocycles. The molecule has 0 aromatic heterocycles. The van der Waals surface area contributed by atoms with Crippen LogP contribution >= 0.6 is 15.9 Å². The maximum Gasteiger partial charge on any atom is 0.329 e. The molecule has 3 rings (SSSR count). The van der Waals surface area contributed by atoms with Crippen molar-refractivity contribution in [1.29, 1.82) is 0 Å². The van der Waals surface area contributed by atoms with E-state index < -0.39 is 21.6 Å². The average molecular weight is 533 g/mol. The highest BCUT2D eigenvalue weighted by Crippen LogP contribution is 2.33. The molecule has 0 unspecified atom stereocenters. The summed E-state index contributed by atoms with van der Waals surface area (Å²) in [5, 5.41) is 2.57. The molecule has 33 heavy (non-hydrogen) atoms. The maximum absolute atomic E-state index is 13.0. The van der Waals surface area contributed by atoms with Crippen LogP contribution in [0.25, 0.3) is 11.1 Å². The van der Waals surface area contributed by atoms with E-state index >= 15 is 0 Å². The van der Waals surface area contributed by atoms with E-state index in [0.29, 0.717) is 10.2 Å². The number of nitrogens with one attached hydrogen (secondary N) is 2. The van der Waals surface area contributed by atoms with E-state index in [-0.39, 0.29) is 10.6 Å². The number of rotatable bonds is 6. The van der Waals surface area contributed by atoms with Gasteiger partial charge in [0.25, 0.3) is 10.0 Å². The lowest BCUT2D eigenvalue weighted by Gasteiger charge is -2.21. The van der Waals surface area contributed by atoms with E-state index in [1.807, 2.05) is 41.1 Å². The quantitative estimate of drug-likeness (QED) is 0.424. The molecule has 0 bridgehead atoms. The van der Waals surface area contributed by atoms with Crippen molar-refractivity contribution in [2.75, 3.05) is 7.11 Å². The molecule has 0 aliphatic rings. The van der Waals surface area contributed by atoms with Gasteiger partial charge in [0.2, 0.25) is 0 Å². The molecule has 0 atom stereocenters. The summed E-state index contributed by atoms with van der Waals surface area (Å²) in [5.41, 5.74) is 1.24. The predicted octanol–water partition coefficient (Wildman–Crippen LogP) is 5.70. The topological polar surface area (TPSA) is 93.7 Å². The summed E-state index contributed by atoms with van der Waals surface area (Å²) in [6, 6.07) is 18.6. The second kappa shape index (κ2) is 9.84. The maximum atomic E-state index is 13.0. The number of urea groups is 1. The minimum absolute atomic E-state index is 0.0844. The Hall–Kier alpha value is -3.04. The molecule has 3 aromatic rings. The second-order valence-electron chi connectivity index (χ2n) is 8.26. The molecule has 2 amide bonds. The molecule has 0 radical (unpaired) electrons. The third-order valence-corrected chi connectivity index (χ3v) is 6.24. The molecule has 0 saturated heterocycles. The van der Waals surface area contributed by atoms with Gasteiger partial charge in [0.15, 0.2) is 0 Å². The molecular weight excluding hydrogens is 508 g/mol. The number of carbonyl (C=O) groups is 1. The fourth-order valence-electron chi connectivity index (χ4n) is 2.97. The standard InChI is InChI=1S/C24H25BrN2O5S/c1-24(2,3)26-23(28)27-33(29,30)22-15-18(25)10-13-21(22)32-20-7-5-6-17(14-20)16-8-11-19(31-4)12-9-16/h5-15H,1-4H3,(H2,26,27,28). The van der Waals surface area contributed by atoms with Gasteiger partial charge in [0.05, 0.1) is 7.11 Å². The Morgan fingerprint density at radius 2 is 1.61 bits per heavy atom. The van der Waals surface area contributed by atoms with Gasteiger partial charge >= 0.3 is 6.03 Å². The largest absolute Gasteiger partial charge is 0.497 e. The number of hydrogen-bond donors (Lipinski definition) is 2. The molecular formula is C24H25BrN2O5S. The Morgan fingerprint density at radius 3 is 2.24 bits per heavy atom. The third kappa shape index (κ3) is 6.72. The van der Waals surface area contributed by atoms with Crippen LogP contribution in [0.5, 0.6) is 17.2 Å². The molecule has 0 fully saturated rings. The highest BCUT2D eigenvalue weighted by atomic mass is 79.9. The minimum Gasteiger partial charge on any atom is -0.497 e. The van der Waals surface area contributed by atoms with Crippen molar-refractivity contribution in [3.8, 4) is 28.4 Å². The first-order valence-electron chi connectivity index (χ1n) is 10.0. The Morgan fingerprint density at radius 1 is 0.909 bits per heavy atom. The summed E-state index contributed by atoms with van der Waals surface area (Å²) < 4.78 is 39.6. The van der Waals surface area contributed by atoms with Gasteiger partial charge in [0, 0.05) is 10.0 Å². The van der Waals surface area contributed by atoms with Crippen molar-refractivity contribution in [3.63, 3.8) is 0 Å². The van der Waals surface area contributed by atoms with Crippen molar-refractivity contribution in [2.45, 2.75) is 31.2 Å². The lowest BCUT2D eigenvalue weighted by molar-refractivity contribution is 0.237. The van der Waals surface area contributed by atoms with Crippen LogP contribution < -0.4 is 19.5 Å². The normalized spacial score (nSPS) is 11.5. The lowest BCUT2D eigenvalue weighted by Crippen LogP contribution is -2.48. The van der Waals surface area contributed by atoms with Crippen LogP contribution in [-0.2, 0) is 10.0 Å². The highest BCUT2D eigenvalue weighted by molar-refractivity contribution is 9.10. The monoisotopic (exact) mass is 532 g/mol. The van der Waals surface area contributed by atoms with Gasteiger partial charge in [-0.3, -0.25) is 0 Å². The van der Waals surface area contributed by atoms with Gasteiger partial charge in [-0.15, -0.1) is 0 Å². The summed E-state index contributed by atoms with van der Waals surface area (Å²) in [4.78, 5) is 12.0. The Kier molecular flexibility index (Phi) is 7.34. The van der Waals surface area contributed by atoms with Gasteiger partial charge in [-0.2, -0.15) is 0 Å². The summed E-state index contributed by atoms with van der Waals surface area (Å²) >= 11 is 3.28. The zero-order chi connectivity index (χ0) is 24.2. The molecule has 0 saturated carbocycles. The number of ether oxygens (including phenoxy) is 2. The first-order chi connectivity index (χ1) is 15.5. The molecule has 7 nitrogen and oxygen atoms in total. The van der Waals surface area contributed by atoms with Gasteiger partial charge in [0.1, 0.15) is 22.1 Å². The van der Waals surface area contributed by atoms with Crippen molar-refractivity contribution in [3.05, 3.63) is 71.2 Å². The SMILES string of the molecule is COc1ccc(-c2cccc(Oc3ccc(Br)cc3S(=O)(=O)NC(=O)NC(C)(C)C)c2)cc1. The van der Waals surface area contributed by atoms with Gasteiger partial charge in [-0.1, -0.05) is 40.2 Å². The van der Waals surface area contributed by atoms with Crippen LogP contribution in [0.3, 0.4) is 0 Å². The van der Waals surface area contributed by atoms with Crippen LogP contribution in [0, 0.1) is 0 Å². The first-order valence-corrected chi connectivity index (χ1v) is 12.3. The molecule has 2 N–H and O–H groups in total. The van der Waals surface area contributed by atoms with Crippen molar-refractivity contribution >= 4 is 32.0 Å². The summed E-state index contributed by atoms with van der Waals surface area (Å²) in [5.74, 6) is 1.28. The molecule has 0 spiro atoms. The van der Waals surface area contributed by atoms with E-state index in [4.69, 9.17) is 9.47 Å². The Labute approximate surface area is 202 Å². The zero-order valence-electron chi connectivity index (χ0n) is 18.7. The smallest absolute Gasteiger partial charge is 0.329 e. The third-order valence-electron chi connectivity index (χ3n) is 4.40. The van der Waals surface area contributed by atoms with E-state index in [9.17, 15) is 13.2 Å². The fourth-order valence-corrected chi connectivity index (χ4v) is 4.54. The average Bonchev–Trinajstić information content (AvgIpc) is 2.73. The zero-order valence-corrected chi connectivity index (χ0v) is 21.1. The van der Waals surface area contributed by atoms with E-state index in [2.05, 4.69) is 21.2 Å². The first kappa shape index (κ1) is 24.6. The second-order valence-corrected chi connectivity index (χ2v) is 10.8. The summed E-state index contributed by atoms with van der Waals surface area (Å²) in [6.45, 7) is 5.26. The molecule has 174 valence electrons. The van der Waals surface area contributed by atoms with Crippen LogP contribution in [0.4, 0.5) is 4.79 Å². The van der Waals surface area contributed by atoms with Crippen LogP contribution in [0.15, 0.2) is 76.1 Å². The van der Waals surface area contributed by atoms with Crippen LogP contribution in [0.2, 0.25) is 0 Å². The number of sulfonamides is 1. The molecule has 0 heterocycles. The van der Waals surface area contributed by atoms with E-state index in [0.717, 1.165) is 16.9 Å². The van der Waals surface area contributed by atoms with Crippen molar-refractivity contribution in [2.24, 2.45) is 0 Å². The Balaban J connectivity index is 1.90. The highest BCUT2D eigenvalue weighted by Gasteiger charge is 2.25. The predicted molar refractivity (Wildman–Crippen MR) is 131 cm³/mol.